The smallest absolute Gasteiger partial charge is 0.126 e. The summed E-state index contributed by atoms with van der Waals surface area (Å²) in [4.78, 5) is 8.94. The van der Waals surface area contributed by atoms with Crippen LogP contribution in [-0.4, -0.2) is 45.0 Å². The van der Waals surface area contributed by atoms with Crippen LogP contribution < -0.4 is 4.74 Å². The lowest BCUT2D eigenvalue weighted by Crippen LogP contribution is -2.22. The minimum Gasteiger partial charge on any atom is -0.488 e. The van der Waals surface area contributed by atoms with E-state index in [4.69, 9.17) is 9.47 Å². The first-order chi connectivity index (χ1) is 15.0. The number of nitrogens with zero attached hydrogens (tertiary/aromatic N) is 3. The van der Waals surface area contributed by atoms with Crippen molar-refractivity contribution in [3.8, 4) is 5.75 Å². The van der Waals surface area contributed by atoms with Crippen molar-refractivity contribution in [1.82, 2.24) is 9.97 Å². The van der Waals surface area contributed by atoms with Gasteiger partial charge in [0.05, 0.1) is 39.8 Å². The zero-order valence-electron chi connectivity index (χ0n) is 17.3. The third kappa shape index (κ3) is 4.27. The van der Waals surface area contributed by atoms with Crippen LogP contribution in [0.2, 0.25) is 0 Å². The number of aromatic nitrogens is 2. The summed E-state index contributed by atoms with van der Waals surface area (Å²) in [7, 11) is -2.09. The van der Waals surface area contributed by atoms with Crippen LogP contribution in [0.4, 0.5) is 10.1 Å². The predicted molar refractivity (Wildman–Crippen MR) is 118 cm³/mol. The van der Waals surface area contributed by atoms with Gasteiger partial charge in [-0.15, -0.1) is 0 Å². The average molecular weight is 442 g/mol. The summed E-state index contributed by atoms with van der Waals surface area (Å²) < 4.78 is 42.4. The molecule has 0 amide bonds. The lowest BCUT2D eigenvalue weighted by Gasteiger charge is -2.18. The average Bonchev–Trinajstić information content (AvgIpc) is 3.22. The van der Waals surface area contributed by atoms with Gasteiger partial charge in [-0.3, -0.25) is 0 Å². The highest BCUT2D eigenvalue weighted by molar-refractivity contribution is 7.95. The lowest BCUT2D eigenvalue weighted by molar-refractivity contribution is 0.140. The summed E-state index contributed by atoms with van der Waals surface area (Å²) in [5.74, 6) is 1.52. The number of hydrogen-bond donors (Lipinski definition) is 0. The van der Waals surface area contributed by atoms with Gasteiger partial charge in [0, 0.05) is 41.4 Å². The molecule has 2 aromatic carbocycles. The molecule has 8 heteroatoms. The monoisotopic (exact) mass is 441 g/mol. The summed E-state index contributed by atoms with van der Waals surface area (Å²) in [6.07, 6.45) is 3.70. The fourth-order valence-corrected chi connectivity index (χ4v) is 5.52. The maximum atomic E-state index is 13.9. The molecule has 3 heterocycles. The molecule has 2 aliphatic heterocycles. The first-order valence-corrected chi connectivity index (χ1v) is 12.3. The van der Waals surface area contributed by atoms with Crippen molar-refractivity contribution in [1.29, 1.82) is 0 Å². The van der Waals surface area contributed by atoms with E-state index >= 15 is 0 Å². The van der Waals surface area contributed by atoms with E-state index in [0.717, 1.165) is 40.6 Å². The third-order valence-electron chi connectivity index (χ3n) is 5.77. The van der Waals surface area contributed by atoms with Crippen molar-refractivity contribution >= 4 is 26.3 Å². The van der Waals surface area contributed by atoms with Crippen LogP contribution in [0.25, 0.3) is 10.9 Å². The van der Waals surface area contributed by atoms with Crippen molar-refractivity contribution in [2.45, 2.75) is 32.3 Å². The molecule has 31 heavy (non-hydrogen) atoms. The van der Waals surface area contributed by atoms with Gasteiger partial charge in [0.1, 0.15) is 24.0 Å². The predicted octanol–water partition coefficient (Wildman–Crippen LogP) is 4.34. The molecule has 1 aromatic heterocycles. The van der Waals surface area contributed by atoms with E-state index in [9.17, 15) is 8.60 Å². The number of ether oxygens (including phenoxy) is 2. The van der Waals surface area contributed by atoms with Crippen molar-refractivity contribution in [3.63, 3.8) is 0 Å². The Bertz CT molecular complexity index is 1250. The van der Waals surface area contributed by atoms with E-state index in [1.807, 2.05) is 19.1 Å². The molecule has 2 saturated heterocycles. The zero-order chi connectivity index (χ0) is 21.4. The van der Waals surface area contributed by atoms with Crippen LogP contribution in [0.5, 0.6) is 5.75 Å². The van der Waals surface area contributed by atoms with Gasteiger partial charge in [-0.2, -0.15) is 4.36 Å². The van der Waals surface area contributed by atoms with Crippen LogP contribution in [0, 0.1) is 12.7 Å². The molecule has 0 N–H and O–H groups in total. The molecule has 3 aromatic rings. The fourth-order valence-electron chi connectivity index (χ4n) is 4.06. The van der Waals surface area contributed by atoms with E-state index < -0.39 is 9.73 Å². The molecular weight excluding hydrogens is 417 g/mol. The van der Waals surface area contributed by atoms with Gasteiger partial charge >= 0.3 is 0 Å². The molecule has 0 saturated carbocycles. The largest absolute Gasteiger partial charge is 0.488 e. The summed E-state index contributed by atoms with van der Waals surface area (Å²) in [6.45, 7) is 3.16. The number of benzene rings is 2. The van der Waals surface area contributed by atoms with Gasteiger partial charge < -0.3 is 9.47 Å². The van der Waals surface area contributed by atoms with Crippen molar-refractivity contribution in [2.24, 2.45) is 4.36 Å². The second-order valence-corrected chi connectivity index (χ2v) is 10.7. The Labute approximate surface area is 181 Å². The standard InChI is InChI=1S/C23H24FN3O3S/c1-15-9-18(27-31(28)7-2-8-31)12-21-23(15)20(25-14-26-21)10-16-3-4-17(24)11-22(16)30-19-5-6-29-13-19/h3-4,9,11-12,14,19H,2,5-8,10,13H2,1H3/t19-/m0/s1. The first-order valence-electron chi connectivity index (χ1n) is 10.5. The summed E-state index contributed by atoms with van der Waals surface area (Å²) in [5.41, 5.74) is 4.13. The van der Waals surface area contributed by atoms with Crippen LogP contribution in [0.15, 0.2) is 41.0 Å². The van der Waals surface area contributed by atoms with E-state index in [-0.39, 0.29) is 11.9 Å². The normalized spacial score (nSPS) is 19.9. The molecule has 6 nitrogen and oxygen atoms in total. The van der Waals surface area contributed by atoms with E-state index in [1.165, 1.54) is 18.5 Å². The number of aryl methyl sites for hydroxylation is 1. The molecule has 0 bridgehead atoms. The Hall–Kier alpha value is -2.58. The van der Waals surface area contributed by atoms with Crippen LogP contribution in [0.3, 0.4) is 0 Å². The SMILES string of the molecule is Cc1cc(N=S2(=O)CCC2)cc2ncnc(Cc3ccc(F)cc3O[C@H]3CCOC3)c12. The van der Waals surface area contributed by atoms with Crippen molar-refractivity contribution < 1.29 is 18.1 Å². The van der Waals surface area contributed by atoms with E-state index in [1.54, 1.807) is 6.07 Å². The third-order valence-corrected chi connectivity index (χ3v) is 8.16. The topological polar surface area (TPSA) is 73.7 Å². The highest BCUT2D eigenvalue weighted by Gasteiger charge is 2.21. The molecule has 0 aliphatic carbocycles. The van der Waals surface area contributed by atoms with E-state index in [0.29, 0.717) is 42.6 Å². The maximum Gasteiger partial charge on any atom is 0.126 e. The zero-order valence-corrected chi connectivity index (χ0v) is 18.2. The van der Waals surface area contributed by atoms with E-state index in [2.05, 4.69) is 14.3 Å². The van der Waals surface area contributed by atoms with Gasteiger partial charge in [-0.25, -0.2) is 18.6 Å². The lowest BCUT2D eigenvalue weighted by atomic mass is 10.0. The van der Waals surface area contributed by atoms with Crippen LogP contribution in [-0.2, 0) is 20.9 Å². The quantitative estimate of drug-likeness (QED) is 0.589. The van der Waals surface area contributed by atoms with Gasteiger partial charge in [0.2, 0.25) is 0 Å². The van der Waals surface area contributed by atoms with Gasteiger partial charge in [0.15, 0.2) is 0 Å². The van der Waals surface area contributed by atoms with Gasteiger partial charge in [0.25, 0.3) is 0 Å². The molecule has 0 spiro atoms. The second-order valence-electron chi connectivity index (χ2n) is 8.14. The van der Waals surface area contributed by atoms with Crippen LogP contribution in [0.1, 0.15) is 29.7 Å². The Kier molecular flexibility index (Phi) is 5.35. The fraction of sp³-hybridized carbons (Fsp3) is 0.391. The summed E-state index contributed by atoms with van der Waals surface area (Å²) in [5, 5.41) is 0.935. The Morgan fingerprint density at radius 2 is 2.13 bits per heavy atom. The Morgan fingerprint density at radius 1 is 1.26 bits per heavy atom. The van der Waals surface area contributed by atoms with Crippen LogP contribution >= 0.6 is 0 Å². The molecule has 1 atom stereocenters. The molecule has 162 valence electrons. The Balaban J connectivity index is 1.51. The highest BCUT2D eigenvalue weighted by atomic mass is 32.2. The number of rotatable bonds is 5. The number of hydrogen-bond acceptors (Lipinski definition) is 6. The molecule has 0 radical (unpaired) electrons. The maximum absolute atomic E-state index is 13.9. The second kappa shape index (κ2) is 8.16. The van der Waals surface area contributed by atoms with Gasteiger partial charge in [-0.1, -0.05) is 6.07 Å². The number of halogens is 1. The summed E-state index contributed by atoms with van der Waals surface area (Å²) in [6, 6.07) is 8.43. The molecular formula is C23H24FN3O3S. The van der Waals surface area contributed by atoms with Crippen molar-refractivity contribution in [3.05, 3.63) is 59.3 Å². The van der Waals surface area contributed by atoms with Gasteiger partial charge in [-0.05, 0) is 37.1 Å². The minimum atomic E-state index is -2.09. The molecule has 5 rings (SSSR count). The minimum absolute atomic E-state index is 0.0676. The van der Waals surface area contributed by atoms with Crippen molar-refractivity contribution in [2.75, 3.05) is 24.7 Å². The molecule has 2 aliphatic rings. The molecule has 0 unspecified atom stereocenters. The highest BCUT2D eigenvalue weighted by Crippen LogP contribution is 2.31. The molecule has 2 fully saturated rings. The number of fused-ring (bicyclic) bond motifs is 1. The Morgan fingerprint density at radius 3 is 2.87 bits per heavy atom. The summed E-state index contributed by atoms with van der Waals surface area (Å²) >= 11 is 0. The first kappa shape index (κ1) is 20.3.